The topological polar surface area (TPSA) is 72.3 Å². The van der Waals surface area contributed by atoms with Crippen molar-refractivity contribution in [3.05, 3.63) is 29.6 Å². The number of anilines is 1. The number of carbonyl (C=O) groups excluding carboxylic acids is 1. The van der Waals surface area contributed by atoms with Gasteiger partial charge in [0, 0.05) is 36.3 Å². The highest BCUT2D eigenvalue weighted by Crippen LogP contribution is 2.30. The maximum Gasteiger partial charge on any atom is 0.220 e. The Morgan fingerprint density at radius 2 is 2.05 bits per heavy atom. The van der Waals surface area contributed by atoms with E-state index >= 15 is 0 Å². The Kier molecular flexibility index (Phi) is 4.04. The molecule has 1 aromatic rings. The SMILES string of the molecule is CC(N)c1c(F)cccc1N1CCC(C(N)=O)CC1. The van der Waals surface area contributed by atoms with Crippen molar-refractivity contribution in [2.24, 2.45) is 17.4 Å². The summed E-state index contributed by atoms with van der Waals surface area (Å²) in [6.45, 7) is 3.19. The largest absolute Gasteiger partial charge is 0.371 e. The summed E-state index contributed by atoms with van der Waals surface area (Å²) in [6, 6.07) is 4.65. The van der Waals surface area contributed by atoms with Crippen LogP contribution in [0.15, 0.2) is 18.2 Å². The van der Waals surface area contributed by atoms with Gasteiger partial charge in [0.2, 0.25) is 5.91 Å². The first-order valence-electron chi connectivity index (χ1n) is 6.59. The first kappa shape index (κ1) is 13.8. The fourth-order valence-corrected chi connectivity index (χ4v) is 2.66. The number of primary amides is 1. The number of hydrogen-bond acceptors (Lipinski definition) is 3. The first-order chi connectivity index (χ1) is 9.00. The molecule has 4 N–H and O–H groups in total. The number of rotatable bonds is 3. The average Bonchev–Trinajstić information content (AvgIpc) is 2.38. The molecule has 2 rings (SSSR count). The molecule has 0 aromatic heterocycles. The van der Waals surface area contributed by atoms with Gasteiger partial charge in [-0.05, 0) is 31.9 Å². The maximum absolute atomic E-state index is 13.9. The van der Waals surface area contributed by atoms with Crippen molar-refractivity contribution in [2.45, 2.75) is 25.8 Å². The van der Waals surface area contributed by atoms with Crippen molar-refractivity contribution in [3.63, 3.8) is 0 Å². The van der Waals surface area contributed by atoms with Crippen molar-refractivity contribution in [1.29, 1.82) is 0 Å². The van der Waals surface area contributed by atoms with Crippen LogP contribution in [-0.4, -0.2) is 19.0 Å². The summed E-state index contributed by atoms with van der Waals surface area (Å²) < 4.78 is 13.9. The van der Waals surface area contributed by atoms with E-state index in [1.165, 1.54) is 6.07 Å². The molecule has 0 spiro atoms. The van der Waals surface area contributed by atoms with Gasteiger partial charge in [-0.2, -0.15) is 0 Å². The monoisotopic (exact) mass is 265 g/mol. The van der Waals surface area contributed by atoms with Gasteiger partial charge in [0.05, 0.1) is 0 Å². The van der Waals surface area contributed by atoms with Crippen LogP contribution in [0.3, 0.4) is 0 Å². The van der Waals surface area contributed by atoms with Gasteiger partial charge < -0.3 is 16.4 Å². The predicted molar refractivity (Wildman–Crippen MR) is 73.1 cm³/mol. The summed E-state index contributed by atoms with van der Waals surface area (Å²) in [5.74, 6) is -0.584. The summed E-state index contributed by atoms with van der Waals surface area (Å²) in [5, 5.41) is 0. The second-order valence-corrected chi connectivity index (χ2v) is 5.13. The minimum Gasteiger partial charge on any atom is -0.371 e. The third-order valence-electron chi connectivity index (χ3n) is 3.72. The van der Waals surface area contributed by atoms with Gasteiger partial charge in [-0.25, -0.2) is 4.39 Å². The van der Waals surface area contributed by atoms with E-state index < -0.39 is 0 Å². The molecule has 4 nitrogen and oxygen atoms in total. The number of hydrogen-bond donors (Lipinski definition) is 2. The molecule has 1 unspecified atom stereocenters. The van der Waals surface area contributed by atoms with Crippen LogP contribution in [0.25, 0.3) is 0 Å². The quantitative estimate of drug-likeness (QED) is 0.871. The molecule has 1 aromatic carbocycles. The second-order valence-electron chi connectivity index (χ2n) is 5.13. The molecule has 1 aliphatic heterocycles. The average molecular weight is 265 g/mol. The number of amides is 1. The van der Waals surface area contributed by atoms with E-state index in [0.717, 1.165) is 5.69 Å². The van der Waals surface area contributed by atoms with Crippen molar-refractivity contribution in [1.82, 2.24) is 0 Å². The van der Waals surface area contributed by atoms with Crippen LogP contribution in [0.5, 0.6) is 0 Å². The highest BCUT2D eigenvalue weighted by Gasteiger charge is 2.25. The van der Waals surface area contributed by atoms with E-state index in [9.17, 15) is 9.18 Å². The standard InChI is InChI=1S/C14H20FN3O/c1-9(16)13-11(15)3-2-4-12(13)18-7-5-10(6-8-18)14(17)19/h2-4,9-10H,5-8,16H2,1H3,(H2,17,19). The van der Waals surface area contributed by atoms with E-state index in [1.807, 2.05) is 6.07 Å². The van der Waals surface area contributed by atoms with E-state index in [-0.39, 0.29) is 23.7 Å². The Labute approximate surface area is 112 Å². The van der Waals surface area contributed by atoms with Crippen molar-refractivity contribution in [2.75, 3.05) is 18.0 Å². The van der Waals surface area contributed by atoms with E-state index in [2.05, 4.69) is 4.90 Å². The van der Waals surface area contributed by atoms with Crippen LogP contribution in [-0.2, 0) is 4.79 Å². The molecule has 1 amide bonds. The lowest BCUT2D eigenvalue weighted by atomic mass is 9.94. The number of benzene rings is 1. The molecule has 1 aliphatic rings. The van der Waals surface area contributed by atoms with E-state index in [1.54, 1.807) is 13.0 Å². The number of nitrogens with zero attached hydrogens (tertiary/aromatic N) is 1. The lowest BCUT2D eigenvalue weighted by Gasteiger charge is -2.34. The zero-order valence-corrected chi connectivity index (χ0v) is 11.1. The van der Waals surface area contributed by atoms with Crippen molar-refractivity contribution >= 4 is 11.6 Å². The van der Waals surface area contributed by atoms with Crippen LogP contribution in [0.4, 0.5) is 10.1 Å². The number of piperidine rings is 1. The minimum absolute atomic E-state index is 0.0661. The lowest BCUT2D eigenvalue weighted by molar-refractivity contribution is -0.122. The predicted octanol–water partition coefficient (Wildman–Crippen LogP) is 1.55. The van der Waals surface area contributed by atoms with Gasteiger partial charge in [-0.3, -0.25) is 4.79 Å². The van der Waals surface area contributed by atoms with Gasteiger partial charge in [0.1, 0.15) is 5.82 Å². The zero-order chi connectivity index (χ0) is 14.0. The Hall–Kier alpha value is -1.62. The third-order valence-corrected chi connectivity index (χ3v) is 3.72. The molecule has 0 radical (unpaired) electrons. The highest BCUT2D eigenvalue weighted by molar-refractivity contribution is 5.77. The molecule has 0 saturated carbocycles. The summed E-state index contributed by atoms with van der Waals surface area (Å²) in [4.78, 5) is 13.2. The molecule has 19 heavy (non-hydrogen) atoms. The summed E-state index contributed by atoms with van der Waals surface area (Å²) in [5.41, 5.74) is 12.5. The third kappa shape index (κ3) is 2.87. The molecule has 5 heteroatoms. The molecule has 0 aliphatic carbocycles. The number of halogens is 1. The summed E-state index contributed by atoms with van der Waals surface area (Å²) >= 11 is 0. The molecule has 1 saturated heterocycles. The van der Waals surface area contributed by atoms with Gasteiger partial charge in [-0.15, -0.1) is 0 Å². The normalized spacial score (nSPS) is 18.4. The summed E-state index contributed by atoms with van der Waals surface area (Å²) in [7, 11) is 0. The minimum atomic E-state index is -0.356. The number of nitrogens with two attached hydrogens (primary N) is 2. The van der Waals surface area contributed by atoms with Crippen molar-refractivity contribution < 1.29 is 9.18 Å². The molecule has 1 heterocycles. The Balaban J connectivity index is 2.20. The van der Waals surface area contributed by atoms with Gasteiger partial charge >= 0.3 is 0 Å². The molecular weight excluding hydrogens is 245 g/mol. The Bertz CT molecular complexity index is 468. The molecule has 1 atom stereocenters. The first-order valence-corrected chi connectivity index (χ1v) is 6.59. The van der Waals surface area contributed by atoms with Gasteiger partial charge in [-0.1, -0.05) is 6.07 Å². The van der Waals surface area contributed by atoms with Crippen molar-refractivity contribution in [3.8, 4) is 0 Å². The maximum atomic E-state index is 13.9. The van der Waals surface area contributed by atoms with E-state index in [0.29, 0.717) is 31.5 Å². The smallest absolute Gasteiger partial charge is 0.220 e. The van der Waals surface area contributed by atoms with Crippen LogP contribution in [0, 0.1) is 11.7 Å². The fourth-order valence-electron chi connectivity index (χ4n) is 2.66. The van der Waals surface area contributed by atoms with Crippen LogP contribution < -0.4 is 16.4 Å². The molecular formula is C14H20FN3O. The Morgan fingerprint density at radius 1 is 1.42 bits per heavy atom. The summed E-state index contributed by atoms with van der Waals surface area (Å²) in [6.07, 6.45) is 1.43. The van der Waals surface area contributed by atoms with Gasteiger partial charge in [0.25, 0.3) is 0 Å². The highest BCUT2D eigenvalue weighted by atomic mass is 19.1. The van der Waals surface area contributed by atoms with Crippen LogP contribution in [0.1, 0.15) is 31.4 Å². The molecule has 104 valence electrons. The lowest BCUT2D eigenvalue weighted by Crippen LogP contribution is -2.39. The second kappa shape index (κ2) is 5.57. The molecule has 0 bridgehead atoms. The van der Waals surface area contributed by atoms with Crippen LogP contribution in [0.2, 0.25) is 0 Å². The van der Waals surface area contributed by atoms with Crippen LogP contribution >= 0.6 is 0 Å². The molecule has 1 fully saturated rings. The number of carbonyl (C=O) groups is 1. The fraction of sp³-hybridized carbons (Fsp3) is 0.500. The Morgan fingerprint density at radius 3 is 2.58 bits per heavy atom. The van der Waals surface area contributed by atoms with E-state index in [4.69, 9.17) is 11.5 Å². The zero-order valence-electron chi connectivity index (χ0n) is 11.1. The van der Waals surface area contributed by atoms with Gasteiger partial charge in [0.15, 0.2) is 0 Å².